The van der Waals surface area contributed by atoms with Crippen molar-refractivity contribution in [2.45, 2.75) is 26.2 Å². The molecule has 1 unspecified atom stereocenters. The molecule has 0 radical (unpaired) electrons. The fourth-order valence-corrected chi connectivity index (χ4v) is 1.77. The molecule has 0 saturated carbocycles. The molecule has 1 aromatic heterocycles. The van der Waals surface area contributed by atoms with Gasteiger partial charge in [0.1, 0.15) is 0 Å². The molecule has 0 fully saturated rings. The molecule has 0 aliphatic rings. The van der Waals surface area contributed by atoms with Crippen LogP contribution >= 0.6 is 0 Å². The van der Waals surface area contributed by atoms with Crippen LogP contribution in [0.2, 0.25) is 0 Å². The third-order valence-corrected chi connectivity index (χ3v) is 2.57. The van der Waals surface area contributed by atoms with Crippen molar-refractivity contribution < 1.29 is 0 Å². The highest BCUT2D eigenvalue weighted by molar-refractivity contribution is 5.23. The maximum absolute atomic E-state index is 4.22. The lowest BCUT2D eigenvalue weighted by Gasteiger charge is -2.09. The molecule has 2 rings (SSSR count). The average molecular weight is 213 g/mol. The first-order chi connectivity index (χ1) is 7.75. The molecule has 0 aliphatic carbocycles. The minimum Gasteiger partial charge on any atom is -0.237 e. The molecule has 3 nitrogen and oxygen atoms in total. The van der Waals surface area contributed by atoms with Gasteiger partial charge < -0.3 is 0 Å². The summed E-state index contributed by atoms with van der Waals surface area (Å²) in [6.45, 7) is 4.23. The second-order valence-corrected chi connectivity index (χ2v) is 4.10. The summed E-state index contributed by atoms with van der Waals surface area (Å²) in [7, 11) is 0. The van der Waals surface area contributed by atoms with Crippen molar-refractivity contribution in [1.29, 1.82) is 0 Å². The van der Waals surface area contributed by atoms with Crippen molar-refractivity contribution in [1.82, 2.24) is 15.2 Å². The largest absolute Gasteiger partial charge is 0.237 e. The van der Waals surface area contributed by atoms with Crippen LogP contribution < -0.4 is 0 Å². The van der Waals surface area contributed by atoms with E-state index < -0.39 is 0 Å². The molecule has 0 spiro atoms. The number of aryl methyl sites for hydroxylation is 1. The van der Waals surface area contributed by atoms with Crippen LogP contribution in [0.15, 0.2) is 36.7 Å². The standard InChI is InChI=1S/C13H15N3/c1-10-4-3-5-12(8-10)9-11(2)13-14-6-7-15-16-13/h3-8,11H,9H2,1-2H3. The molecule has 1 atom stereocenters. The molecule has 0 bridgehead atoms. The lowest BCUT2D eigenvalue weighted by Crippen LogP contribution is -2.04. The van der Waals surface area contributed by atoms with Crippen LogP contribution in [-0.2, 0) is 6.42 Å². The van der Waals surface area contributed by atoms with Crippen molar-refractivity contribution >= 4 is 0 Å². The summed E-state index contributed by atoms with van der Waals surface area (Å²) in [5.41, 5.74) is 2.61. The number of aromatic nitrogens is 3. The molecule has 0 N–H and O–H groups in total. The molecule has 82 valence electrons. The van der Waals surface area contributed by atoms with Crippen molar-refractivity contribution in [3.8, 4) is 0 Å². The Kier molecular flexibility index (Phi) is 3.25. The Balaban J connectivity index is 2.11. The molecule has 0 amide bonds. The van der Waals surface area contributed by atoms with Crippen LogP contribution in [0.25, 0.3) is 0 Å². The number of hydrogen-bond acceptors (Lipinski definition) is 3. The van der Waals surface area contributed by atoms with Gasteiger partial charge in [-0.2, -0.15) is 5.10 Å². The lowest BCUT2D eigenvalue weighted by molar-refractivity contribution is 0.674. The third kappa shape index (κ3) is 2.63. The van der Waals surface area contributed by atoms with Crippen LogP contribution in [0.3, 0.4) is 0 Å². The van der Waals surface area contributed by atoms with Gasteiger partial charge in [0.15, 0.2) is 5.82 Å². The number of hydrogen-bond donors (Lipinski definition) is 0. The smallest absolute Gasteiger partial charge is 0.153 e. The highest BCUT2D eigenvalue weighted by atomic mass is 15.1. The van der Waals surface area contributed by atoms with Crippen molar-refractivity contribution in [3.05, 3.63) is 53.6 Å². The molecule has 3 heteroatoms. The van der Waals surface area contributed by atoms with Crippen LogP contribution in [-0.4, -0.2) is 15.2 Å². The van der Waals surface area contributed by atoms with Gasteiger partial charge in [0.25, 0.3) is 0 Å². The predicted molar refractivity (Wildman–Crippen MR) is 63.1 cm³/mol. The highest BCUT2D eigenvalue weighted by Crippen LogP contribution is 2.16. The van der Waals surface area contributed by atoms with E-state index >= 15 is 0 Å². The van der Waals surface area contributed by atoms with Crippen LogP contribution in [0.1, 0.15) is 29.8 Å². The van der Waals surface area contributed by atoms with E-state index in [1.54, 1.807) is 12.4 Å². The molecular weight excluding hydrogens is 198 g/mol. The van der Waals surface area contributed by atoms with E-state index in [1.807, 2.05) is 0 Å². The molecule has 1 heterocycles. The SMILES string of the molecule is Cc1cccc(CC(C)c2nccnn2)c1. The first-order valence-electron chi connectivity index (χ1n) is 5.45. The minimum atomic E-state index is 0.301. The summed E-state index contributed by atoms with van der Waals surface area (Å²) in [6, 6.07) is 8.53. The van der Waals surface area contributed by atoms with Crippen LogP contribution in [0.5, 0.6) is 0 Å². The summed E-state index contributed by atoms with van der Waals surface area (Å²) in [5.74, 6) is 1.11. The highest BCUT2D eigenvalue weighted by Gasteiger charge is 2.09. The van der Waals surface area contributed by atoms with Crippen LogP contribution in [0.4, 0.5) is 0 Å². The maximum atomic E-state index is 4.22. The molecule has 1 aromatic carbocycles. The zero-order valence-electron chi connectivity index (χ0n) is 9.59. The Hall–Kier alpha value is -1.77. The second-order valence-electron chi connectivity index (χ2n) is 4.10. The van der Waals surface area contributed by atoms with E-state index in [9.17, 15) is 0 Å². The van der Waals surface area contributed by atoms with Gasteiger partial charge in [0.05, 0.1) is 6.20 Å². The van der Waals surface area contributed by atoms with Gasteiger partial charge in [-0.15, -0.1) is 5.10 Å². The van der Waals surface area contributed by atoms with Gasteiger partial charge >= 0.3 is 0 Å². The summed E-state index contributed by atoms with van der Waals surface area (Å²) >= 11 is 0. The Labute approximate surface area is 95.6 Å². The Morgan fingerprint density at radius 3 is 2.81 bits per heavy atom. The zero-order chi connectivity index (χ0) is 11.4. The summed E-state index contributed by atoms with van der Waals surface area (Å²) in [4.78, 5) is 4.22. The fraction of sp³-hybridized carbons (Fsp3) is 0.308. The third-order valence-electron chi connectivity index (χ3n) is 2.57. The normalized spacial score (nSPS) is 12.4. The number of nitrogens with zero attached hydrogens (tertiary/aromatic N) is 3. The Morgan fingerprint density at radius 2 is 2.12 bits per heavy atom. The van der Waals surface area contributed by atoms with E-state index in [0.717, 1.165) is 12.2 Å². The van der Waals surface area contributed by atoms with Crippen molar-refractivity contribution in [3.63, 3.8) is 0 Å². The van der Waals surface area contributed by atoms with Gasteiger partial charge in [-0.3, -0.25) is 0 Å². The van der Waals surface area contributed by atoms with Gasteiger partial charge in [0, 0.05) is 12.1 Å². The summed E-state index contributed by atoms with van der Waals surface area (Å²) in [5, 5.41) is 7.89. The molecule has 0 aliphatic heterocycles. The molecule has 2 aromatic rings. The van der Waals surface area contributed by atoms with E-state index in [1.165, 1.54) is 11.1 Å². The Bertz CT molecular complexity index is 454. The molecule has 0 saturated heterocycles. The van der Waals surface area contributed by atoms with Crippen LogP contribution in [0, 0.1) is 6.92 Å². The van der Waals surface area contributed by atoms with Gasteiger partial charge in [-0.05, 0) is 18.9 Å². The monoisotopic (exact) mass is 213 g/mol. The molecule has 16 heavy (non-hydrogen) atoms. The first kappa shape index (κ1) is 10.7. The quantitative estimate of drug-likeness (QED) is 0.786. The second kappa shape index (κ2) is 4.84. The van der Waals surface area contributed by atoms with E-state index in [0.29, 0.717) is 5.92 Å². The predicted octanol–water partition coefficient (Wildman–Crippen LogP) is 2.53. The van der Waals surface area contributed by atoms with E-state index in [-0.39, 0.29) is 0 Å². The topological polar surface area (TPSA) is 38.7 Å². The maximum Gasteiger partial charge on any atom is 0.153 e. The van der Waals surface area contributed by atoms with E-state index in [4.69, 9.17) is 0 Å². The van der Waals surface area contributed by atoms with Gasteiger partial charge in [-0.25, -0.2) is 4.98 Å². The zero-order valence-corrected chi connectivity index (χ0v) is 9.59. The minimum absolute atomic E-state index is 0.301. The van der Waals surface area contributed by atoms with Crippen molar-refractivity contribution in [2.75, 3.05) is 0 Å². The van der Waals surface area contributed by atoms with Crippen molar-refractivity contribution in [2.24, 2.45) is 0 Å². The molecular formula is C13H15N3. The summed E-state index contributed by atoms with van der Waals surface area (Å²) < 4.78 is 0. The lowest BCUT2D eigenvalue weighted by atomic mass is 9.99. The number of benzene rings is 1. The first-order valence-corrected chi connectivity index (χ1v) is 5.45. The Morgan fingerprint density at radius 1 is 1.25 bits per heavy atom. The van der Waals surface area contributed by atoms with E-state index in [2.05, 4.69) is 53.3 Å². The summed E-state index contributed by atoms with van der Waals surface area (Å²) in [6.07, 6.45) is 4.24. The number of rotatable bonds is 3. The van der Waals surface area contributed by atoms with Gasteiger partial charge in [0.2, 0.25) is 0 Å². The average Bonchev–Trinajstić information content (AvgIpc) is 2.30. The van der Waals surface area contributed by atoms with Gasteiger partial charge in [-0.1, -0.05) is 36.8 Å². The fourth-order valence-electron chi connectivity index (χ4n) is 1.77.